The van der Waals surface area contributed by atoms with Gasteiger partial charge in [0, 0.05) is 51.5 Å². The molecule has 0 bridgehead atoms. The van der Waals surface area contributed by atoms with Gasteiger partial charge in [0.05, 0.1) is 6.04 Å². The summed E-state index contributed by atoms with van der Waals surface area (Å²) in [5.74, 6) is -0.152. The summed E-state index contributed by atoms with van der Waals surface area (Å²) in [5, 5.41) is 6.42. The zero-order valence-electron chi connectivity index (χ0n) is 16.2. The van der Waals surface area contributed by atoms with Gasteiger partial charge in [0.2, 0.25) is 5.91 Å². The molecular weight excluding hydrogens is 355 g/mol. The summed E-state index contributed by atoms with van der Waals surface area (Å²) < 4.78 is 13.1. The van der Waals surface area contributed by atoms with Gasteiger partial charge in [0.15, 0.2) is 0 Å². The number of nitrogens with zero attached hydrogens (tertiary/aromatic N) is 2. The third kappa shape index (κ3) is 4.18. The van der Waals surface area contributed by atoms with Gasteiger partial charge < -0.3 is 15.5 Å². The van der Waals surface area contributed by atoms with Gasteiger partial charge in [-0.25, -0.2) is 4.39 Å². The fourth-order valence-corrected chi connectivity index (χ4v) is 3.98. The highest BCUT2D eigenvalue weighted by molar-refractivity contribution is 5.81. The highest BCUT2D eigenvalue weighted by Crippen LogP contribution is 2.19. The van der Waals surface area contributed by atoms with E-state index >= 15 is 0 Å². The average molecular weight is 382 g/mol. The second-order valence-corrected chi connectivity index (χ2v) is 7.60. The maximum atomic E-state index is 13.1. The number of carbonyl (C=O) groups is 1. The molecule has 1 amide bonds. The number of benzene rings is 2. The minimum absolute atomic E-state index is 0.0638. The van der Waals surface area contributed by atoms with Crippen LogP contribution in [0.25, 0.3) is 0 Å². The first-order valence-corrected chi connectivity index (χ1v) is 9.94. The summed E-state index contributed by atoms with van der Waals surface area (Å²) in [4.78, 5) is 17.1. The van der Waals surface area contributed by atoms with E-state index in [0.717, 1.165) is 50.5 Å². The third-order valence-corrected chi connectivity index (χ3v) is 5.80. The first-order chi connectivity index (χ1) is 13.6. The van der Waals surface area contributed by atoms with E-state index in [1.807, 2.05) is 19.1 Å². The van der Waals surface area contributed by atoms with Crippen molar-refractivity contribution in [3.63, 3.8) is 0 Å². The fourth-order valence-electron chi connectivity index (χ4n) is 3.98. The SMILES string of the molecule is CC(C(=O)NCc1ccc2c(c1)CNC2)N1CCN(c2ccc(F)cc2)CC1. The molecule has 4 rings (SSSR count). The van der Waals surface area contributed by atoms with Crippen LogP contribution >= 0.6 is 0 Å². The van der Waals surface area contributed by atoms with Gasteiger partial charge in [-0.3, -0.25) is 9.69 Å². The molecule has 0 aromatic heterocycles. The van der Waals surface area contributed by atoms with Gasteiger partial charge in [-0.15, -0.1) is 0 Å². The molecule has 2 aromatic carbocycles. The maximum absolute atomic E-state index is 13.1. The van der Waals surface area contributed by atoms with Crippen molar-refractivity contribution >= 4 is 11.6 Å². The van der Waals surface area contributed by atoms with Crippen molar-refractivity contribution in [2.45, 2.75) is 32.6 Å². The van der Waals surface area contributed by atoms with Crippen molar-refractivity contribution in [3.05, 3.63) is 65.0 Å². The first kappa shape index (κ1) is 18.9. The molecule has 0 spiro atoms. The minimum atomic E-state index is -0.215. The molecule has 2 N–H and O–H groups in total. The average Bonchev–Trinajstić information content (AvgIpc) is 3.20. The Kier molecular flexibility index (Phi) is 5.59. The second-order valence-electron chi connectivity index (χ2n) is 7.60. The Morgan fingerprint density at radius 2 is 1.79 bits per heavy atom. The number of anilines is 1. The van der Waals surface area contributed by atoms with Gasteiger partial charge in [-0.2, -0.15) is 0 Å². The van der Waals surface area contributed by atoms with Crippen molar-refractivity contribution in [1.29, 1.82) is 0 Å². The van der Waals surface area contributed by atoms with Crippen LogP contribution in [0.4, 0.5) is 10.1 Å². The number of rotatable bonds is 5. The number of halogens is 1. The Morgan fingerprint density at radius 3 is 2.54 bits per heavy atom. The molecule has 1 unspecified atom stereocenters. The molecule has 6 heteroatoms. The molecule has 1 saturated heterocycles. The molecule has 148 valence electrons. The molecular formula is C22H27FN4O. The van der Waals surface area contributed by atoms with E-state index in [0.29, 0.717) is 6.54 Å². The predicted octanol–water partition coefficient (Wildman–Crippen LogP) is 2.26. The van der Waals surface area contributed by atoms with Crippen LogP contribution in [0.5, 0.6) is 0 Å². The van der Waals surface area contributed by atoms with Crippen LogP contribution in [-0.2, 0) is 24.4 Å². The Bertz CT molecular complexity index is 831. The van der Waals surface area contributed by atoms with E-state index in [4.69, 9.17) is 0 Å². The lowest BCUT2D eigenvalue weighted by Gasteiger charge is -2.38. The molecule has 5 nitrogen and oxygen atoms in total. The summed E-state index contributed by atoms with van der Waals surface area (Å²) in [6.07, 6.45) is 0. The van der Waals surface area contributed by atoms with Crippen LogP contribution in [-0.4, -0.2) is 43.0 Å². The van der Waals surface area contributed by atoms with Crippen molar-refractivity contribution in [3.8, 4) is 0 Å². The van der Waals surface area contributed by atoms with Crippen LogP contribution in [0.15, 0.2) is 42.5 Å². The van der Waals surface area contributed by atoms with Crippen LogP contribution < -0.4 is 15.5 Å². The summed E-state index contributed by atoms with van der Waals surface area (Å²) in [7, 11) is 0. The molecule has 2 aromatic rings. The molecule has 2 heterocycles. The first-order valence-electron chi connectivity index (χ1n) is 9.94. The summed E-state index contributed by atoms with van der Waals surface area (Å²) in [6.45, 7) is 7.67. The molecule has 28 heavy (non-hydrogen) atoms. The lowest BCUT2D eigenvalue weighted by atomic mass is 10.1. The third-order valence-electron chi connectivity index (χ3n) is 5.80. The molecule has 0 saturated carbocycles. The van der Waals surface area contributed by atoms with E-state index < -0.39 is 0 Å². The van der Waals surface area contributed by atoms with Gasteiger partial charge in [-0.05, 0) is 47.9 Å². The van der Waals surface area contributed by atoms with E-state index in [1.54, 1.807) is 0 Å². The van der Waals surface area contributed by atoms with Gasteiger partial charge in [0.1, 0.15) is 5.82 Å². The number of carbonyl (C=O) groups excluding carboxylic acids is 1. The standard InChI is InChI=1S/C22H27FN4O/c1-16(22(28)25-13-17-2-3-18-14-24-15-19(18)12-17)26-8-10-27(11-9-26)21-6-4-20(23)5-7-21/h2-7,12,16,24H,8-11,13-15H2,1H3,(H,25,28). The predicted molar refractivity (Wildman–Crippen MR) is 108 cm³/mol. The van der Waals surface area contributed by atoms with Crippen LogP contribution in [0.2, 0.25) is 0 Å². The van der Waals surface area contributed by atoms with Crippen LogP contribution in [0, 0.1) is 5.82 Å². The van der Waals surface area contributed by atoms with E-state index in [-0.39, 0.29) is 17.8 Å². The molecule has 0 radical (unpaired) electrons. The summed E-state index contributed by atoms with van der Waals surface area (Å²) >= 11 is 0. The molecule has 2 aliphatic heterocycles. The van der Waals surface area contributed by atoms with Crippen molar-refractivity contribution in [2.75, 3.05) is 31.1 Å². The zero-order chi connectivity index (χ0) is 19.5. The highest BCUT2D eigenvalue weighted by atomic mass is 19.1. The monoisotopic (exact) mass is 382 g/mol. The van der Waals surface area contributed by atoms with Crippen LogP contribution in [0.1, 0.15) is 23.6 Å². The Hall–Kier alpha value is -2.44. The van der Waals surface area contributed by atoms with Gasteiger partial charge >= 0.3 is 0 Å². The number of amides is 1. The number of hydrogen-bond donors (Lipinski definition) is 2. The van der Waals surface area contributed by atoms with E-state index in [1.165, 1.54) is 23.3 Å². The van der Waals surface area contributed by atoms with Crippen molar-refractivity contribution in [1.82, 2.24) is 15.5 Å². The largest absolute Gasteiger partial charge is 0.369 e. The molecule has 0 aliphatic carbocycles. The summed E-state index contributed by atoms with van der Waals surface area (Å²) in [6, 6.07) is 12.9. The van der Waals surface area contributed by atoms with E-state index in [2.05, 4.69) is 38.6 Å². The van der Waals surface area contributed by atoms with Crippen LogP contribution in [0.3, 0.4) is 0 Å². The van der Waals surface area contributed by atoms with Gasteiger partial charge in [0.25, 0.3) is 0 Å². The number of piperazine rings is 1. The van der Waals surface area contributed by atoms with E-state index in [9.17, 15) is 9.18 Å². The van der Waals surface area contributed by atoms with Gasteiger partial charge in [-0.1, -0.05) is 18.2 Å². The fraction of sp³-hybridized carbons (Fsp3) is 0.409. The number of fused-ring (bicyclic) bond motifs is 1. The second kappa shape index (κ2) is 8.29. The Balaban J connectivity index is 1.27. The molecule has 2 aliphatic rings. The Labute approximate surface area is 165 Å². The maximum Gasteiger partial charge on any atom is 0.237 e. The lowest BCUT2D eigenvalue weighted by molar-refractivity contribution is -0.126. The molecule has 1 atom stereocenters. The smallest absolute Gasteiger partial charge is 0.237 e. The Morgan fingerprint density at radius 1 is 1.07 bits per heavy atom. The topological polar surface area (TPSA) is 47.6 Å². The normalized spacial score (nSPS) is 18.0. The van der Waals surface area contributed by atoms with Crippen molar-refractivity contribution < 1.29 is 9.18 Å². The minimum Gasteiger partial charge on any atom is -0.369 e. The lowest BCUT2D eigenvalue weighted by Crippen LogP contribution is -2.53. The number of hydrogen-bond acceptors (Lipinski definition) is 4. The highest BCUT2D eigenvalue weighted by Gasteiger charge is 2.25. The van der Waals surface area contributed by atoms with Crippen molar-refractivity contribution in [2.24, 2.45) is 0 Å². The summed E-state index contributed by atoms with van der Waals surface area (Å²) in [5.41, 5.74) is 4.85. The zero-order valence-corrected chi connectivity index (χ0v) is 16.2. The molecule has 1 fully saturated rings. The number of nitrogens with one attached hydrogen (secondary N) is 2. The quantitative estimate of drug-likeness (QED) is 0.833.